The molecule has 0 bridgehead atoms. The molecule has 1 aliphatic heterocycles. The highest BCUT2D eigenvalue weighted by Gasteiger charge is 2.19. The van der Waals surface area contributed by atoms with Crippen molar-refractivity contribution in [2.45, 2.75) is 13.0 Å². The number of anilines is 1. The minimum absolute atomic E-state index is 0.524. The van der Waals surface area contributed by atoms with Gasteiger partial charge in [-0.05, 0) is 41.1 Å². The summed E-state index contributed by atoms with van der Waals surface area (Å²) in [5, 5.41) is 4.15. The molecule has 2 rings (SSSR count). The van der Waals surface area contributed by atoms with E-state index >= 15 is 0 Å². The third kappa shape index (κ3) is 2.47. The van der Waals surface area contributed by atoms with Crippen LogP contribution in [0.1, 0.15) is 6.92 Å². The lowest BCUT2D eigenvalue weighted by molar-refractivity contribution is 0.500. The van der Waals surface area contributed by atoms with Crippen LogP contribution < -0.4 is 10.2 Å². The van der Waals surface area contributed by atoms with Crippen LogP contribution in [0.3, 0.4) is 0 Å². The molecule has 1 heterocycles. The number of nitrogens with zero attached hydrogens (tertiary/aromatic N) is 1. The van der Waals surface area contributed by atoms with E-state index in [1.165, 1.54) is 5.69 Å². The third-order valence-electron chi connectivity index (χ3n) is 2.72. The molecule has 1 aromatic carbocycles. The summed E-state index contributed by atoms with van der Waals surface area (Å²) in [5.74, 6) is 0. The molecule has 1 aromatic rings. The van der Waals surface area contributed by atoms with E-state index in [9.17, 15) is 0 Å². The van der Waals surface area contributed by atoms with Crippen molar-refractivity contribution in [3.63, 3.8) is 0 Å². The largest absolute Gasteiger partial charge is 0.365 e. The highest BCUT2D eigenvalue weighted by Crippen LogP contribution is 2.30. The molecular weight excluding hydrogens is 275 g/mol. The first-order chi connectivity index (χ1) is 7.18. The summed E-state index contributed by atoms with van der Waals surface area (Å²) in [6.07, 6.45) is 0. The Balaban J connectivity index is 2.27. The van der Waals surface area contributed by atoms with Gasteiger partial charge >= 0.3 is 0 Å². The monoisotopic (exact) mass is 288 g/mol. The Hall–Kier alpha value is -0.250. The maximum absolute atomic E-state index is 5.93. The molecule has 0 amide bonds. The zero-order chi connectivity index (χ0) is 10.8. The van der Waals surface area contributed by atoms with Gasteiger partial charge in [0.05, 0.1) is 5.69 Å². The van der Waals surface area contributed by atoms with E-state index in [0.29, 0.717) is 6.04 Å². The van der Waals surface area contributed by atoms with Gasteiger partial charge in [-0.1, -0.05) is 11.6 Å². The van der Waals surface area contributed by atoms with Gasteiger partial charge in [-0.2, -0.15) is 0 Å². The summed E-state index contributed by atoms with van der Waals surface area (Å²) >= 11 is 9.49. The van der Waals surface area contributed by atoms with E-state index < -0.39 is 0 Å². The van der Waals surface area contributed by atoms with Crippen LogP contribution in [0.2, 0.25) is 5.02 Å². The topological polar surface area (TPSA) is 15.3 Å². The second-order valence-electron chi connectivity index (χ2n) is 3.84. The summed E-state index contributed by atoms with van der Waals surface area (Å²) in [4.78, 5) is 2.40. The summed E-state index contributed by atoms with van der Waals surface area (Å²) < 4.78 is 1.07. The van der Waals surface area contributed by atoms with Crippen molar-refractivity contribution in [2.75, 3.05) is 24.5 Å². The molecule has 82 valence electrons. The molecule has 1 atom stereocenters. The van der Waals surface area contributed by atoms with Gasteiger partial charge in [-0.3, -0.25) is 0 Å². The molecule has 0 saturated carbocycles. The first-order valence-corrected chi connectivity index (χ1v) is 6.28. The van der Waals surface area contributed by atoms with E-state index in [-0.39, 0.29) is 0 Å². The summed E-state index contributed by atoms with van der Waals surface area (Å²) in [6, 6.07) is 6.49. The highest BCUT2D eigenvalue weighted by molar-refractivity contribution is 9.10. The van der Waals surface area contributed by atoms with Gasteiger partial charge in [0.15, 0.2) is 0 Å². The number of hydrogen-bond acceptors (Lipinski definition) is 2. The van der Waals surface area contributed by atoms with Gasteiger partial charge in [0.2, 0.25) is 0 Å². The maximum Gasteiger partial charge on any atom is 0.0515 e. The molecule has 0 aromatic heterocycles. The third-order valence-corrected chi connectivity index (χ3v) is 3.59. The summed E-state index contributed by atoms with van der Waals surface area (Å²) in [5.41, 5.74) is 1.23. The Kier molecular flexibility index (Phi) is 3.54. The van der Waals surface area contributed by atoms with Crippen LogP contribution in [0.5, 0.6) is 0 Å². The molecule has 0 aliphatic carbocycles. The molecule has 4 heteroatoms. The van der Waals surface area contributed by atoms with Crippen molar-refractivity contribution in [1.29, 1.82) is 0 Å². The molecule has 0 radical (unpaired) electrons. The summed E-state index contributed by atoms with van der Waals surface area (Å²) in [7, 11) is 0. The zero-order valence-electron chi connectivity index (χ0n) is 8.63. The fourth-order valence-electron chi connectivity index (χ4n) is 1.91. The predicted molar refractivity (Wildman–Crippen MR) is 68.8 cm³/mol. The quantitative estimate of drug-likeness (QED) is 0.855. The number of rotatable bonds is 1. The Morgan fingerprint density at radius 3 is 3.00 bits per heavy atom. The van der Waals surface area contributed by atoms with Crippen LogP contribution >= 0.6 is 27.5 Å². The average molecular weight is 290 g/mol. The van der Waals surface area contributed by atoms with E-state index in [1.807, 2.05) is 12.1 Å². The van der Waals surface area contributed by atoms with E-state index in [0.717, 1.165) is 29.1 Å². The van der Waals surface area contributed by atoms with Crippen molar-refractivity contribution < 1.29 is 0 Å². The van der Waals surface area contributed by atoms with Gasteiger partial charge in [-0.15, -0.1) is 0 Å². The minimum atomic E-state index is 0.524. The number of halogens is 2. The predicted octanol–water partition coefficient (Wildman–Crippen LogP) is 2.90. The lowest BCUT2D eigenvalue weighted by atomic mass is 10.2. The number of nitrogens with one attached hydrogen (secondary N) is 1. The number of benzene rings is 1. The molecule has 2 nitrogen and oxygen atoms in total. The molecule has 1 unspecified atom stereocenters. The molecule has 1 saturated heterocycles. The van der Waals surface area contributed by atoms with Crippen LogP contribution in [0.15, 0.2) is 22.7 Å². The van der Waals surface area contributed by atoms with Crippen molar-refractivity contribution >= 4 is 33.2 Å². The molecular formula is C11H14BrClN2. The Bertz CT molecular complexity index is 356. The summed E-state index contributed by atoms with van der Waals surface area (Å²) in [6.45, 7) is 5.35. The van der Waals surface area contributed by atoms with Gasteiger partial charge in [0.1, 0.15) is 0 Å². The maximum atomic E-state index is 5.93. The zero-order valence-corrected chi connectivity index (χ0v) is 11.0. The van der Waals surface area contributed by atoms with Crippen molar-refractivity contribution in [2.24, 2.45) is 0 Å². The SMILES string of the molecule is CC1CNCCN1c1ccc(Cl)cc1Br. The number of hydrogen-bond donors (Lipinski definition) is 1. The molecule has 1 N–H and O–H groups in total. The second-order valence-corrected chi connectivity index (χ2v) is 5.13. The number of piperazine rings is 1. The van der Waals surface area contributed by atoms with E-state index in [2.05, 4.69) is 39.1 Å². The Morgan fingerprint density at radius 1 is 1.53 bits per heavy atom. The van der Waals surface area contributed by atoms with Crippen LogP contribution in [0.4, 0.5) is 5.69 Å². The fourth-order valence-corrected chi connectivity index (χ4v) is 2.82. The van der Waals surface area contributed by atoms with Crippen LogP contribution in [0, 0.1) is 0 Å². The second kappa shape index (κ2) is 4.73. The molecule has 15 heavy (non-hydrogen) atoms. The van der Waals surface area contributed by atoms with E-state index in [4.69, 9.17) is 11.6 Å². The molecule has 1 aliphatic rings. The van der Waals surface area contributed by atoms with Crippen molar-refractivity contribution in [3.8, 4) is 0 Å². The Morgan fingerprint density at radius 2 is 2.33 bits per heavy atom. The molecule has 0 spiro atoms. The highest BCUT2D eigenvalue weighted by atomic mass is 79.9. The normalized spacial score (nSPS) is 21.8. The van der Waals surface area contributed by atoms with Crippen molar-refractivity contribution in [3.05, 3.63) is 27.7 Å². The lowest BCUT2D eigenvalue weighted by Crippen LogP contribution is -2.50. The fraction of sp³-hybridized carbons (Fsp3) is 0.455. The standard InChI is InChI=1S/C11H14BrClN2/c1-8-7-14-4-5-15(8)11-3-2-9(13)6-10(11)12/h2-3,6,8,14H,4-5,7H2,1H3. The van der Waals surface area contributed by atoms with Gasteiger partial charge in [0, 0.05) is 35.2 Å². The van der Waals surface area contributed by atoms with Crippen LogP contribution in [-0.4, -0.2) is 25.7 Å². The lowest BCUT2D eigenvalue weighted by Gasteiger charge is -2.36. The Labute approximate surface area is 104 Å². The van der Waals surface area contributed by atoms with Crippen molar-refractivity contribution in [1.82, 2.24) is 5.32 Å². The first-order valence-electron chi connectivity index (χ1n) is 5.11. The van der Waals surface area contributed by atoms with E-state index in [1.54, 1.807) is 0 Å². The van der Waals surface area contributed by atoms with Gasteiger partial charge in [-0.25, -0.2) is 0 Å². The van der Waals surface area contributed by atoms with Gasteiger partial charge in [0.25, 0.3) is 0 Å². The van der Waals surface area contributed by atoms with Crippen LogP contribution in [-0.2, 0) is 0 Å². The molecule has 1 fully saturated rings. The van der Waals surface area contributed by atoms with Gasteiger partial charge < -0.3 is 10.2 Å². The average Bonchev–Trinajstić information content (AvgIpc) is 2.20. The minimum Gasteiger partial charge on any atom is -0.365 e. The van der Waals surface area contributed by atoms with Crippen LogP contribution in [0.25, 0.3) is 0 Å². The smallest absolute Gasteiger partial charge is 0.0515 e. The first kappa shape index (κ1) is 11.2.